The van der Waals surface area contributed by atoms with Crippen LogP contribution in [0.2, 0.25) is 0 Å². The standard InChI is InChI=1S/C12H15N3O4S/c1-9-6-15(7-11(8-16)19-9)20(17,18)12-3-2-10(4-13)14-5-12/h2-3,5,9,11,16H,6-8H2,1H3. The number of ether oxygens (including phenoxy) is 1. The van der Waals surface area contributed by atoms with Crippen molar-refractivity contribution >= 4 is 10.0 Å². The fraction of sp³-hybridized carbons (Fsp3) is 0.500. The topological polar surface area (TPSA) is 104 Å². The second-order valence-corrected chi connectivity index (χ2v) is 6.50. The Balaban J connectivity index is 2.27. The quantitative estimate of drug-likeness (QED) is 0.823. The molecule has 0 bridgehead atoms. The third-order valence-electron chi connectivity index (χ3n) is 2.99. The summed E-state index contributed by atoms with van der Waals surface area (Å²) in [6.07, 6.45) is 0.351. The number of rotatable bonds is 3. The number of nitrogens with zero attached hydrogens (tertiary/aromatic N) is 3. The molecule has 2 unspecified atom stereocenters. The minimum atomic E-state index is -3.69. The van der Waals surface area contributed by atoms with Crippen LogP contribution < -0.4 is 0 Å². The van der Waals surface area contributed by atoms with E-state index in [4.69, 9.17) is 15.1 Å². The molecule has 0 aromatic carbocycles. The summed E-state index contributed by atoms with van der Waals surface area (Å²) in [4.78, 5) is 3.80. The molecule has 1 saturated heterocycles. The van der Waals surface area contributed by atoms with E-state index in [1.165, 1.54) is 22.6 Å². The Labute approximate surface area is 117 Å². The van der Waals surface area contributed by atoms with Crippen LogP contribution in [-0.2, 0) is 14.8 Å². The van der Waals surface area contributed by atoms with Gasteiger partial charge in [0.05, 0.1) is 18.8 Å². The van der Waals surface area contributed by atoms with Crippen molar-refractivity contribution in [3.05, 3.63) is 24.0 Å². The van der Waals surface area contributed by atoms with Gasteiger partial charge in [-0.1, -0.05) is 0 Å². The molecule has 1 fully saturated rings. The van der Waals surface area contributed by atoms with E-state index in [-0.39, 0.29) is 36.4 Å². The SMILES string of the molecule is CC1CN(S(=O)(=O)c2ccc(C#N)nc2)CC(CO)O1. The van der Waals surface area contributed by atoms with Crippen LogP contribution in [0.4, 0.5) is 0 Å². The predicted octanol–water partition coefficient (Wildman–Crippen LogP) is -0.276. The normalized spacial score (nSPS) is 24.2. The molecule has 0 spiro atoms. The number of nitriles is 1. The number of hydrogen-bond acceptors (Lipinski definition) is 6. The molecule has 108 valence electrons. The number of aromatic nitrogens is 1. The molecule has 1 aromatic rings. The number of aliphatic hydroxyl groups is 1. The zero-order chi connectivity index (χ0) is 14.8. The van der Waals surface area contributed by atoms with E-state index in [1.54, 1.807) is 6.92 Å². The first-order chi connectivity index (χ1) is 9.47. The minimum absolute atomic E-state index is 0.0299. The van der Waals surface area contributed by atoms with Crippen molar-refractivity contribution in [3.8, 4) is 6.07 Å². The molecule has 1 aliphatic rings. The number of aliphatic hydroxyl groups excluding tert-OH is 1. The molecule has 2 rings (SSSR count). The summed E-state index contributed by atoms with van der Waals surface area (Å²) in [5.41, 5.74) is 0.160. The highest BCUT2D eigenvalue weighted by molar-refractivity contribution is 7.89. The largest absolute Gasteiger partial charge is 0.394 e. The van der Waals surface area contributed by atoms with E-state index in [0.717, 1.165) is 0 Å². The Hall–Kier alpha value is -1.53. The molecule has 0 saturated carbocycles. The van der Waals surface area contributed by atoms with Gasteiger partial charge >= 0.3 is 0 Å². The molecule has 2 atom stereocenters. The van der Waals surface area contributed by atoms with Crippen molar-refractivity contribution in [2.45, 2.75) is 24.0 Å². The van der Waals surface area contributed by atoms with Crippen molar-refractivity contribution in [1.29, 1.82) is 5.26 Å². The zero-order valence-corrected chi connectivity index (χ0v) is 11.7. The Bertz CT molecular complexity index is 609. The van der Waals surface area contributed by atoms with Crippen LogP contribution >= 0.6 is 0 Å². The maximum absolute atomic E-state index is 12.5. The zero-order valence-electron chi connectivity index (χ0n) is 10.9. The van der Waals surface area contributed by atoms with Gasteiger partial charge in [-0.3, -0.25) is 0 Å². The molecule has 0 amide bonds. The smallest absolute Gasteiger partial charge is 0.244 e. The second kappa shape index (κ2) is 5.85. The summed E-state index contributed by atoms with van der Waals surface area (Å²) >= 11 is 0. The minimum Gasteiger partial charge on any atom is -0.394 e. The molecular weight excluding hydrogens is 282 g/mol. The molecule has 0 radical (unpaired) electrons. The van der Waals surface area contributed by atoms with Gasteiger partial charge in [0.1, 0.15) is 16.7 Å². The Morgan fingerprint density at radius 2 is 2.30 bits per heavy atom. The van der Waals surface area contributed by atoms with E-state index < -0.39 is 16.1 Å². The maximum Gasteiger partial charge on any atom is 0.244 e. The average Bonchev–Trinajstić information content (AvgIpc) is 2.46. The number of sulfonamides is 1. The van der Waals surface area contributed by atoms with Gasteiger partial charge in [0, 0.05) is 19.3 Å². The lowest BCUT2D eigenvalue weighted by atomic mass is 10.2. The highest BCUT2D eigenvalue weighted by Gasteiger charge is 2.33. The molecular formula is C12H15N3O4S. The van der Waals surface area contributed by atoms with Crippen LogP contribution in [-0.4, -0.2) is 54.7 Å². The van der Waals surface area contributed by atoms with E-state index in [2.05, 4.69) is 4.98 Å². The number of hydrogen-bond donors (Lipinski definition) is 1. The van der Waals surface area contributed by atoms with Gasteiger partial charge < -0.3 is 9.84 Å². The monoisotopic (exact) mass is 297 g/mol. The van der Waals surface area contributed by atoms with Crippen molar-refractivity contribution < 1.29 is 18.3 Å². The lowest BCUT2D eigenvalue weighted by Gasteiger charge is -2.35. The summed E-state index contributed by atoms with van der Waals surface area (Å²) in [5, 5.41) is 17.8. The lowest BCUT2D eigenvalue weighted by molar-refractivity contribution is -0.0750. The van der Waals surface area contributed by atoms with Gasteiger partial charge in [-0.25, -0.2) is 13.4 Å². The molecule has 2 heterocycles. The van der Waals surface area contributed by atoms with E-state index in [1.807, 2.05) is 6.07 Å². The van der Waals surface area contributed by atoms with E-state index in [9.17, 15) is 8.42 Å². The van der Waals surface area contributed by atoms with Crippen LogP contribution in [0.5, 0.6) is 0 Å². The van der Waals surface area contributed by atoms with Crippen molar-refractivity contribution in [2.24, 2.45) is 0 Å². The average molecular weight is 297 g/mol. The third kappa shape index (κ3) is 2.96. The van der Waals surface area contributed by atoms with Gasteiger partial charge in [0.15, 0.2) is 0 Å². The lowest BCUT2D eigenvalue weighted by Crippen LogP contribution is -2.50. The van der Waals surface area contributed by atoms with Gasteiger partial charge in [0.25, 0.3) is 0 Å². The molecule has 1 aliphatic heterocycles. The Kier molecular flexibility index (Phi) is 4.35. The van der Waals surface area contributed by atoms with Crippen LogP contribution in [0.3, 0.4) is 0 Å². The van der Waals surface area contributed by atoms with Crippen molar-refractivity contribution in [3.63, 3.8) is 0 Å². The highest BCUT2D eigenvalue weighted by Crippen LogP contribution is 2.20. The first-order valence-electron chi connectivity index (χ1n) is 6.10. The van der Waals surface area contributed by atoms with Crippen LogP contribution in [0, 0.1) is 11.3 Å². The van der Waals surface area contributed by atoms with Gasteiger partial charge in [0.2, 0.25) is 10.0 Å². The third-order valence-corrected chi connectivity index (χ3v) is 4.80. The van der Waals surface area contributed by atoms with Crippen LogP contribution in [0.1, 0.15) is 12.6 Å². The van der Waals surface area contributed by atoms with Gasteiger partial charge in [-0.2, -0.15) is 9.57 Å². The Morgan fingerprint density at radius 1 is 1.55 bits per heavy atom. The molecule has 1 N–H and O–H groups in total. The first kappa shape index (κ1) is 14.9. The molecule has 0 aliphatic carbocycles. The molecule has 1 aromatic heterocycles. The van der Waals surface area contributed by atoms with Crippen molar-refractivity contribution in [2.75, 3.05) is 19.7 Å². The van der Waals surface area contributed by atoms with E-state index >= 15 is 0 Å². The molecule has 8 heteroatoms. The number of pyridine rings is 1. The molecule has 20 heavy (non-hydrogen) atoms. The van der Waals surface area contributed by atoms with Gasteiger partial charge in [-0.15, -0.1) is 0 Å². The fourth-order valence-electron chi connectivity index (χ4n) is 2.05. The van der Waals surface area contributed by atoms with E-state index in [0.29, 0.717) is 0 Å². The second-order valence-electron chi connectivity index (χ2n) is 4.56. The summed E-state index contributed by atoms with van der Waals surface area (Å²) in [6, 6.07) is 4.55. The van der Waals surface area contributed by atoms with Crippen LogP contribution in [0.15, 0.2) is 23.2 Å². The summed E-state index contributed by atoms with van der Waals surface area (Å²) in [7, 11) is -3.69. The summed E-state index contributed by atoms with van der Waals surface area (Å²) in [5.74, 6) is 0. The maximum atomic E-state index is 12.5. The molecule has 7 nitrogen and oxygen atoms in total. The van der Waals surface area contributed by atoms with Gasteiger partial charge in [-0.05, 0) is 19.1 Å². The summed E-state index contributed by atoms with van der Waals surface area (Å²) < 4.78 is 31.6. The predicted molar refractivity (Wildman–Crippen MR) is 69.1 cm³/mol. The highest BCUT2D eigenvalue weighted by atomic mass is 32.2. The fourth-order valence-corrected chi connectivity index (χ4v) is 3.54. The van der Waals surface area contributed by atoms with Crippen LogP contribution in [0.25, 0.3) is 0 Å². The first-order valence-corrected chi connectivity index (χ1v) is 7.54. The van der Waals surface area contributed by atoms with Crippen molar-refractivity contribution in [1.82, 2.24) is 9.29 Å². The Morgan fingerprint density at radius 3 is 2.85 bits per heavy atom. The summed E-state index contributed by atoms with van der Waals surface area (Å²) in [6.45, 7) is 1.84. The number of morpholine rings is 1.